The molecule has 0 saturated heterocycles. The third-order valence-corrected chi connectivity index (χ3v) is 1.87. The maximum Gasteiger partial charge on any atom is 0.224 e. The second-order valence-corrected chi connectivity index (χ2v) is 3.52. The Morgan fingerprint density at radius 1 is 1.29 bits per heavy atom. The minimum atomic E-state index is 0.0546. The molecule has 0 bridgehead atoms. The molecule has 0 radical (unpaired) electrons. The zero-order valence-electron chi connectivity index (χ0n) is 9.58. The van der Waals surface area contributed by atoms with E-state index in [-0.39, 0.29) is 11.8 Å². The monoisotopic (exact) mass is 203 g/mol. The van der Waals surface area contributed by atoms with E-state index in [9.17, 15) is 4.79 Å². The first-order chi connectivity index (χ1) is 6.59. The van der Waals surface area contributed by atoms with Crippen molar-refractivity contribution in [1.82, 2.24) is 4.90 Å². The van der Waals surface area contributed by atoms with Crippen LogP contribution in [0.2, 0.25) is 0 Å². The molecule has 0 fully saturated rings. The van der Waals surface area contributed by atoms with Gasteiger partial charge < -0.3 is 14.4 Å². The number of rotatable bonds is 7. The van der Waals surface area contributed by atoms with Crippen molar-refractivity contribution in [1.29, 1.82) is 0 Å². The molecule has 0 atom stereocenters. The van der Waals surface area contributed by atoms with Crippen LogP contribution in [0.15, 0.2) is 0 Å². The van der Waals surface area contributed by atoms with E-state index in [1.165, 1.54) is 0 Å². The van der Waals surface area contributed by atoms with Gasteiger partial charge >= 0.3 is 0 Å². The molecular formula is C10H21NO3. The molecule has 0 N–H and O–H groups in total. The zero-order valence-corrected chi connectivity index (χ0v) is 9.58. The topological polar surface area (TPSA) is 38.8 Å². The SMILES string of the molecule is COCCOCCN(C)C(=O)C(C)C. The summed E-state index contributed by atoms with van der Waals surface area (Å²) in [6.45, 7) is 6.18. The average molecular weight is 203 g/mol. The van der Waals surface area contributed by atoms with Gasteiger partial charge in [-0.1, -0.05) is 13.8 Å². The van der Waals surface area contributed by atoms with Crippen LogP contribution >= 0.6 is 0 Å². The highest BCUT2D eigenvalue weighted by atomic mass is 16.5. The number of carbonyl (C=O) groups is 1. The average Bonchev–Trinajstić information content (AvgIpc) is 2.16. The first kappa shape index (κ1) is 13.4. The summed E-state index contributed by atoms with van der Waals surface area (Å²) in [6, 6.07) is 0. The van der Waals surface area contributed by atoms with E-state index in [4.69, 9.17) is 9.47 Å². The number of likely N-dealkylation sites (N-methyl/N-ethyl adjacent to an activating group) is 1. The van der Waals surface area contributed by atoms with Crippen LogP contribution < -0.4 is 0 Å². The van der Waals surface area contributed by atoms with Gasteiger partial charge in [-0.2, -0.15) is 0 Å². The molecule has 84 valence electrons. The summed E-state index contributed by atoms with van der Waals surface area (Å²) < 4.78 is 10.1. The molecule has 0 saturated carbocycles. The molecule has 0 spiro atoms. The van der Waals surface area contributed by atoms with Gasteiger partial charge in [0.2, 0.25) is 5.91 Å². The van der Waals surface area contributed by atoms with E-state index >= 15 is 0 Å². The van der Waals surface area contributed by atoms with Crippen molar-refractivity contribution >= 4 is 5.91 Å². The number of amides is 1. The molecule has 1 amide bonds. The van der Waals surface area contributed by atoms with E-state index in [0.717, 1.165) is 0 Å². The Hall–Kier alpha value is -0.610. The van der Waals surface area contributed by atoms with Crippen LogP contribution in [0, 0.1) is 5.92 Å². The van der Waals surface area contributed by atoms with Crippen LogP contribution in [0.4, 0.5) is 0 Å². The van der Waals surface area contributed by atoms with Crippen molar-refractivity contribution in [2.45, 2.75) is 13.8 Å². The van der Waals surface area contributed by atoms with E-state index in [0.29, 0.717) is 26.4 Å². The van der Waals surface area contributed by atoms with E-state index in [2.05, 4.69) is 0 Å². The zero-order chi connectivity index (χ0) is 11.0. The first-order valence-corrected chi connectivity index (χ1v) is 4.91. The van der Waals surface area contributed by atoms with Crippen LogP contribution in [0.3, 0.4) is 0 Å². The molecule has 0 aromatic rings. The summed E-state index contributed by atoms with van der Waals surface area (Å²) in [5.74, 6) is 0.208. The number of hydrogen-bond acceptors (Lipinski definition) is 3. The normalized spacial score (nSPS) is 10.6. The molecular weight excluding hydrogens is 182 g/mol. The second kappa shape index (κ2) is 7.76. The Morgan fingerprint density at radius 3 is 2.43 bits per heavy atom. The van der Waals surface area contributed by atoms with Gasteiger partial charge in [0.05, 0.1) is 19.8 Å². The van der Waals surface area contributed by atoms with Crippen molar-refractivity contribution in [3.8, 4) is 0 Å². The first-order valence-electron chi connectivity index (χ1n) is 4.91. The Morgan fingerprint density at radius 2 is 1.93 bits per heavy atom. The van der Waals surface area contributed by atoms with E-state index < -0.39 is 0 Å². The number of nitrogens with zero attached hydrogens (tertiary/aromatic N) is 1. The largest absolute Gasteiger partial charge is 0.382 e. The van der Waals surface area contributed by atoms with E-state index in [1.807, 2.05) is 13.8 Å². The van der Waals surface area contributed by atoms with Crippen LogP contribution in [0.5, 0.6) is 0 Å². The Balaban J connectivity index is 3.44. The minimum absolute atomic E-state index is 0.0546. The fourth-order valence-corrected chi connectivity index (χ4v) is 0.997. The van der Waals surface area contributed by atoms with Crippen LogP contribution in [0.25, 0.3) is 0 Å². The summed E-state index contributed by atoms with van der Waals surface area (Å²) in [7, 11) is 3.43. The summed E-state index contributed by atoms with van der Waals surface area (Å²) in [4.78, 5) is 13.1. The molecule has 0 unspecified atom stereocenters. The van der Waals surface area contributed by atoms with Crippen molar-refractivity contribution in [2.75, 3.05) is 40.5 Å². The third-order valence-electron chi connectivity index (χ3n) is 1.87. The number of hydrogen-bond donors (Lipinski definition) is 0. The highest BCUT2D eigenvalue weighted by Crippen LogP contribution is 1.98. The third kappa shape index (κ3) is 5.94. The highest BCUT2D eigenvalue weighted by molar-refractivity contribution is 5.77. The quantitative estimate of drug-likeness (QED) is 0.573. The van der Waals surface area contributed by atoms with Gasteiger partial charge in [-0.3, -0.25) is 4.79 Å². The van der Waals surface area contributed by atoms with Gasteiger partial charge in [-0.15, -0.1) is 0 Å². The van der Waals surface area contributed by atoms with Crippen LogP contribution in [-0.4, -0.2) is 51.3 Å². The molecule has 14 heavy (non-hydrogen) atoms. The maximum atomic E-state index is 11.4. The van der Waals surface area contributed by atoms with E-state index in [1.54, 1.807) is 19.1 Å². The predicted octanol–water partition coefficient (Wildman–Crippen LogP) is 0.764. The number of carbonyl (C=O) groups excluding carboxylic acids is 1. The summed E-state index contributed by atoms with van der Waals surface area (Å²) in [5, 5.41) is 0. The van der Waals surface area contributed by atoms with Gasteiger partial charge in [0.15, 0.2) is 0 Å². The molecule has 4 nitrogen and oxygen atoms in total. The fraction of sp³-hybridized carbons (Fsp3) is 0.900. The van der Waals surface area contributed by atoms with Gasteiger partial charge in [0, 0.05) is 26.6 Å². The molecule has 0 aliphatic rings. The Bertz CT molecular complexity index is 159. The smallest absolute Gasteiger partial charge is 0.224 e. The maximum absolute atomic E-state index is 11.4. The fourth-order valence-electron chi connectivity index (χ4n) is 0.997. The molecule has 0 rings (SSSR count). The lowest BCUT2D eigenvalue weighted by atomic mass is 10.2. The van der Waals surface area contributed by atoms with Crippen molar-refractivity contribution in [3.63, 3.8) is 0 Å². The molecule has 4 heteroatoms. The Labute approximate surface area is 86.2 Å². The van der Waals surface area contributed by atoms with Crippen LogP contribution in [0.1, 0.15) is 13.8 Å². The van der Waals surface area contributed by atoms with Gasteiger partial charge in [-0.05, 0) is 0 Å². The summed E-state index contributed by atoms with van der Waals surface area (Å²) in [6.07, 6.45) is 0. The van der Waals surface area contributed by atoms with Crippen molar-refractivity contribution in [2.24, 2.45) is 5.92 Å². The second-order valence-electron chi connectivity index (χ2n) is 3.52. The molecule has 0 heterocycles. The molecule has 0 aromatic carbocycles. The standard InChI is InChI=1S/C10H21NO3/c1-9(2)10(12)11(3)5-6-14-8-7-13-4/h9H,5-8H2,1-4H3. The van der Waals surface area contributed by atoms with Gasteiger partial charge in [0.25, 0.3) is 0 Å². The summed E-state index contributed by atoms with van der Waals surface area (Å²) >= 11 is 0. The summed E-state index contributed by atoms with van der Waals surface area (Å²) in [5.41, 5.74) is 0. The minimum Gasteiger partial charge on any atom is -0.382 e. The number of ether oxygens (including phenoxy) is 2. The molecule has 0 aliphatic carbocycles. The molecule has 0 aliphatic heterocycles. The number of methoxy groups -OCH3 is 1. The van der Waals surface area contributed by atoms with Crippen molar-refractivity contribution in [3.05, 3.63) is 0 Å². The highest BCUT2D eigenvalue weighted by Gasteiger charge is 2.11. The lowest BCUT2D eigenvalue weighted by Crippen LogP contribution is -2.33. The van der Waals surface area contributed by atoms with Crippen molar-refractivity contribution < 1.29 is 14.3 Å². The van der Waals surface area contributed by atoms with Gasteiger partial charge in [-0.25, -0.2) is 0 Å². The Kier molecular flexibility index (Phi) is 7.42. The van der Waals surface area contributed by atoms with Gasteiger partial charge in [0.1, 0.15) is 0 Å². The lowest BCUT2D eigenvalue weighted by Gasteiger charge is -2.19. The van der Waals surface area contributed by atoms with Crippen LogP contribution in [-0.2, 0) is 14.3 Å². The predicted molar refractivity (Wildman–Crippen MR) is 55.2 cm³/mol. The molecule has 0 aromatic heterocycles. The lowest BCUT2D eigenvalue weighted by molar-refractivity contribution is -0.133.